The van der Waals surface area contributed by atoms with Crippen molar-refractivity contribution >= 4 is 0 Å². The van der Waals surface area contributed by atoms with Gasteiger partial charge in [-0.1, -0.05) is 30.3 Å². The fraction of sp³-hybridized carbons (Fsp3) is 0.476. The highest BCUT2D eigenvalue weighted by molar-refractivity contribution is 5.30. The molecule has 0 fully saturated rings. The van der Waals surface area contributed by atoms with Crippen LogP contribution < -0.4 is 11.1 Å². The molecule has 4 rings (SSSR count). The van der Waals surface area contributed by atoms with Crippen LogP contribution in [-0.2, 0) is 19.4 Å². The van der Waals surface area contributed by atoms with E-state index in [1.54, 1.807) is 0 Å². The van der Waals surface area contributed by atoms with Gasteiger partial charge in [-0.3, -0.25) is 9.88 Å². The lowest BCUT2D eigenvalue weighted by atomic mass is 9.89. The number of nitrogens with one attached hydrogen (secondary N) is 1. The van der Waals surface area contributed by atoms with Gasteiger partial charge in [0.25, 0.3) is 0 Å². The second-order valence-corrected chi connectivity index (χ2v) is 7.29. The van der Waals surface area contributed by atoms with Crippen LogP contribution in [0.2, 0.25) is 0 Å². The summed E-state index contributed by atoms with van der Waals surface area (Å²) in [5.74, 6) is 0. The summed E-state index contributed by atoms with van der Waals surface area (Å²) < 4.78 is 0. The largest absolute Gasteiger partial charge is 0.329 e. The van der Waals surface area contributed by atoms with Crippen LogP contribution in [0.15, 0.2) is 42.6 Å². The molecule has 0 saturated carbocycles. The predicted molar refractivity (Wildman–Crippen MR) is 101 cm³/mol. The highest BCUT2D eigenvalue weighted by atomic mass is 15.2. The monoisotopic (exact) mass is 336 g/mol. The first-order valence-corrected chi connectivity index (χ1v) is 9.53. The Labute approximate surface area is 150 Å². The summed E-state index contributed by atoms with van der Waals surface area (Å²) in [7, 11) is 0. The summed E-state index contributed by atoms with van der Waals surface area (Å²) in [6, 6.07) is 14.0. The van der Waals surface area contributed by atoms with Crippen molar-refractivity contribution in [2.24, 2.45) is 5.73 Å². The molecule has 1 aromatic carbocycles. The zero-order valence-corrected chi connectivity index (χ0v) is 14.8. The summed E-state index contributed by atoms with van der Waals surface area (Å²) in [4.78, 5) is 7.30. The highest BCUT2D eigenvalue weighted by Gasteiger charge is 2.29. The van der Waals surface area contributed by atoms with Crippen LogP contribution in [0, 0.1) is 0 Å². The normalized spacial score (nSPS) is 22.5. The lowest BCUT2D eigenvalue weighted by Gasteiger charge is -2.38. The van der Waals surface area contributed by atoms with Crippen LogP contribution >= 0.6 is 0 Å². The fourth-order valence-electron chi connectivity index (χ4n) is 4.41. The third kappa shape index (κ3) is 3.61. The number of pyridine rings is 1. The van der Waals surface area contributed by atoms with Gasteiger partial charge in [0.05, 0.1) is 11.7 Å². The van der Waals surface area contributed by atoms with Crippen molar-refractivity contribution in [2.75, 3.05) is 19.6 Å². The molecule has 2 atom stereocenters. The van der Waals surface area contributed by atoms with E-state index in [9.17, 15) is 0 Å². The summed E-state index contributed by atoms with van der Waals surface area (Å²) >= 11 is 0. The first-order chi connectivity index (χ1) is 12.3. The molecule has 1 aromatic heterocycles. The maximum atomic E-state index is 5.96. The van der Waals surface area contributed by atoms with Crippen LogP contribution in [0.1, 0.15) is 41.3 Å². The van der Waals surface area contributed by atoms with Crippen molar-refractivity contribution in [3.8, 4) is 0 Å². The molecule has 2 aliphatic rings. The van der Waals surface area contributed by atoms with Crippen LogP contribution in [0.3, 0.4) is 0 Å². The van der Waals surface area contributed by atoms with Gasteiger partial charge < -0.3 is 11.1 Å². The second kappa shape index (κ2) is 7.65. The van der Waals surface area contributed by atoms with Crippen molar-refractivity contribution < 1.29 is 0 Å². The molecule has 0 bridgehead atoms. The molecule has 0 spiro atoms. The van der Waals surface area contributed by atoms with Crippen LogP contribution in [-0.4, -0.2) is 35.6 Å². The van der Waals surface area contributed by atoms with E-state index in [1.165, 1.54) is 35.2 Å². The summed E-state index contributed by atoms with van der Waals surface area (Å²) in [6.07, 6.45) is 6.62. The number of benzene rings is 1. The average molecular weight is 336 g/mol. The number of aryl methyl sites for hydroxylation is 1. The smallest absolute Gasteiger partial charge is 0.0607 e. The summed E-state index contributed by atoms with van der Waals surface area (Å²) in [6.45, 7) is 3.63. The Hall–Kier alpha value is -1.75. The van der Waals surface area contributed by atoms with Crippen LogP contribution in [0.4, 0.5) is 0 Å². The number of aromatic nitrogens is 1. The molecular weight excluding hydrogens is 308 g/mol. The molecule has 132 valence electrons. The van der Waals surface area contributed by atoms with E-state index in [0.29, 0.717) is 18.6 Å². The van der Waals surface area contributed by atoms with Gasteiger partial charge in [-0.25, -0.2) is 0 Å². The number of rotatable bonds is 5. The Balaban J connectivity index is 1.51. The maximum Gasteiger partial charge on any atom is 0.0607 e. The molecule has 1 aliphatic heterocycles. The lowest BCUT2D eigenvalue weighted by molar-refractivity contribution is 0.158. The molecule has 3 N–H and O–H groups in total. The first-order valence-electron chi connectivity index (χ1n) is 9.53. The Bertz CT molecular complexity index is 715. The first kappa shape index (κ1) is 16.7. The molecule has 4 heteroatoms. The van der Waals surface area contributed by atoms with Crippen molar-refractivity contribution in [1.82, 2.24) is 15.2 Å². The molecule has 0 amide bonds. The molecule has 4 nitrogen and oxygen atoms in total. The highest BCUT2D eigenvalue weighted by Crippen LogP contribution is 2.33. The minimum Gasteiger partial charge on any atom is -0.329 e. The van der Waals surface area contributed by atoms with Gasteiger partial charge in [-0.15, -0.1) is 0 Å². The van der Waals surface area contributed by atoms with Crippen molar-refractivity contribution in [3.63, 3.8) is 0 Å². The zero-order chi connectivity index (χ0) is 17.1. The second-order valence-electron chi connectivity index (χ2n) is 7.29. The summed E-state index contributed by atoms with van der Waals surface area (Å²) in [5, 5.41) is 3.72. The van der Waals surface area contributed by atoms with Gasteiger partial charge >= 0.3 is 0 Å². The van der Waals surface area contributed by atoms with Gasteiger partial charge in [0.1, 0.15) is 0 Å². The van der Waals surface area contributed by atoms with Gasteiger partial charge in [0.15, 0.2) is 0 Å². The quantitative estimate of drug-likeness (QED) is 0.880. The van der Waals surface area contributed by atoms with E-state index in [4.69, 9.17) is 10.7 Å². The zero-order valence-electron chi connectivity index (χ0n) is 14.8. The number of nitrogens with two attached hydrogens (primary N) is 1. The van der Waals surface area contributed by atoms with Crippen molar-refractivity contribution in [2.45, 2.75) is 44.3 Å². The van der Waals surface area contributed by atoms with E-state index in [0.717, 1.165) is 32.5 Å². The third-order valence-electron chi connectivity index (χ3n) is 5.64. The van der Waals surface area contributed by atoms with Gasteiger partial charge in [-0.05, 0) is 48.4 Å². The maximum absolute atomic E-state index is 5.96. The Kier molecular flexibility index (Phi) is 5.11. The average Bonchev–Trinajstić information content (AvgIpc) is 2.67. The Morgan fingerprint density at radius 2 is 1.96 bits per heavy atom. The molecule has 2 heterocycles. The molecule has 25 heavy (non-hydrogen) atoms. The number of nitrogens with zero attached hydrogens (tertiary/aromatic N) is 2. The SMILES string of the molecule is NCCN(CC1Cc2ccccc2CN1)C1CCCc2cccnc21. The third-order valence-corrected chi connectivity index (χ3v) is 5.64. The number of hydrogen-bond acceptors (Lipinski definition) is 4. The molecule has 2 unspecified atom stereocenters. The minimum absolute atomic E-state index is 0.410. The van der Waals surface area contributed by atoms with Crippen LogP contribution in [0.25, 0.3) is 0 Å². The number of fused-ring (bicyclic) bond motifs is 2. The van der Waals surface area contributed by atoms with E-state index in [2.05, 4.69) is 46.6 Å². The van der Waals surface area contributed by atoms with Crippen LogP contribution in [0.5, 0.6) is 0 Å². The predicted octanol–water partition coefficient (Wildman–Crippen LogP) is 2.43. The van der Waals surface area contributed by atoms with Crippen molar-refractivity contribution in [3.05, 3.63) is 65.0 Å². The van der Waals surface area contributed by atoms with Gasteiger partial charge in [0.2, 0.25) is 0 Å². The molecule has 0 radical (unpaired) electrons. The fourth-order valence-corrected chi connectivity index (χ4v) is 4.41. The lowest BCUT2D eigenvalue weighted by Crippen LogP contribution is -2.47. The van der Waals surface area contributed by atoms with Gasteiger partial charge in [0, 0.05) is 38.4 Å². The molecule has 1 aliphatic carbocycles. The molecule has 0 saturated heterocycles. The molecular formula is C21H28N4. The standard InChI is InChI=1S/C21H28N4/c22-10-12-25(20-9-3-7-16-8-4-11-23-21(16)20)15-19-13-17-5-1-2-6-18(17)14-24-19/h1-2,4-6,8,11,19-20,24H,3,7,9-10,12-15,22H2. The molecule has 2 aromatic rings. The van der Waals surface area contributed by atoms with E-state index in [-0.39, 0.29) is 0 Å². The summed E-state index contributed by atoms with van der Waals surface area (Å²) in [5.41, 5.74) is 11.6. The Morgan fingerprint density at radius 3 is 2.84 bits per heavy atom. The van der Waals surface area contributed by atoms with Gasteiger partial charge in [-0.2, -0.15) is 0 Å². The topological polar surface area (TPSA) is 54.2 Å². The van der Waals surface area contributed by atoms with Crippen molar-refractivity contribution in [1.29, 1.82) is 0 Å². The Morgan fingerprint density at radius 1 is 1.12 bits per heavy atom. The number of hydrogen-bond donors (Lipinski definition) is 2. The van der Waals surface area contributed by atoms with E-state index >= 15 is 0 Å². The van der Waals surface area contributed by atoms with E-state index in [1.807, 2.05) is 6.20 Å². The minimum atomic E-state index is 0.410. The van der Waals surface area contributed by atoms with E-state index < -0.39 is 0 Å².